The van der Waals surface area contributed by atoms with Crippen LogP contribution in [0.4, 0.5) is 5.69 Å². The lowest BCUT2D eigenvalue weighted by Crippen LogP contribution is -2.33. The number of thioether (sulfide) groups is 1. The van der Waals surface area contributed by atoms with Crippen molar-refractivity contribution in [2.75, 3.05) is 18.2 Å². The monoisotopic (exact) mass is 246 g/mol. The van der Waals surface area contributed by atoms with Gasteiger partial charge >= 0.3 is 0 Å². The van der Waals surface area contributed by atoms with Crippen LogP contribution in [0.15, 0.2) is 29.2 Å². The van der Waals surface area contributed by atoms with Gasteiger partial charge in [0.1, 0.15) is 5.41 Å². The van der Waals surface area contributed by atoms with E-state index < -0.39 is 5.41 Å². The molecule has 1 saturated carbocycles. The van der Waals surface area contributed by atoms with Gasteiger partial charge in [0.05, 0.1) is 6.07 Å². The molecule has 1 aromatic rings. The third kappa shape index (κ3) is 2.16. The third-order valence-corrected chi connectivity index (χ3v) is 3.88. The van der Waals surface area contributed by atoms with E-state index in [1.54, 1.807) is 23.7 Å². The lowest BCUT2D eigenvalue weighted by molar-refractivity contribution is -0.121. The average molecular weight is 246 g/mol. The Balaban J connectivity index is 2.17. The molecule has 4 heteroatoms. The molecule has 0 saturated heterocycles. The Hall–Kier alpha value is -1.47. The molecule has 17 heavy (non-hydrogen) atoms. The molecule has 0 N–H and O–H groups in total. The van der Waals surface area contributed by atoms with E-state index in [1.165, 1.54) is 0 Å². The number of hydrogen-bond acceptors (Lipinski definition) is 3. The minimum absolute atomic E-state index is 0.0862. The second kappa shape index (κ2) is 4.42. The van der Waals surface area contributed by atoms with Gasteiger partial charge in [-0.15, -0.1) is 11.8 Å². The van der Waals surface area contributed by atoms with Crippen molar-refractivity contribution in [3.05, 3.63) is 24.3 Å². The Labute approximate surface area is 105 Å². The second-order valence-electron chi connectivity index (χ2n) is 4.26. The maximum atomic E-state index is 12.1. The average Bonchev–Trinajstić information content (AvgIpc) is 3.18. The fourth-order valence-electron chi connectivity index (χ4n) is 1.74. The summed E-state index contributed by atoms with van der Waals surface area (Å²) in [6, 6.07) is 9.92. The van der Waals surface area contributed by atoms with E-state index in [0.717, 1.165) is 10.6 Å². The molecule has 0 spiro atoms. The van der Waals surface area contributed by atoms with Crippen LogP contribution in [0.5, 0.6) is 0 Å². The van der Waals surface area contributed by atoms with Crippen LogP contribution < -0.4 is 4.90 Å². The van der Waals surface area contributed by atoms with Crippen molar-refractivity contribution in [3.8, 4) is 6.07 Å². The predicted octanol–water partition coefficient (Wildman–Crippen LogP) is 2.68. The summed E-state index contributed by atoms with van der Waals surface area (Å²) in [5.74, 6) is -0.0862. The molecule has 0 unspecified atom stereocenters. The molecule has 0 bridgehead atoms. The van der Waals surface area contributed by atoms with Gasteiger partial charge in [-0.25, -0.2) is 0 Å². The summed E-state index contributed by atoms with van der Waals surface area (Å²) in [5, 5.41) is 9.00. The highest BCUT2D eigenvalue weighted by Gasteiger charge is 2.52. The highest BCUT2D eigenvalue weighted by Crippen LogP contribution is 2.46. The van der Waals surface area contributed by atoms with Crippen molar-refractivity contribution in [1.29, 1.82) is 5.26 Å². The number of carbonyl (C=O) groups is 1. The van der Waals surface area contributed by atoms with Crippen molar-refractivity contribution in [2.24, 2.45) is 5.41 Å². The van der Waals surface area contributed by atoms with E-state index in [2.05, 4.69) is 6.07 Å². The fourth-order valence-corrected chi connectivity index (χ4v) is 2.15. The minimum atomic E-state index is -0.743. The van der Waals surface area contributed by atoms with E-state index in [-0.39, 0.29) is 5.91 Å². The molecule has 0 aliphatic heterocycles. The Morgan fingerprint density at radius 3 is 2.41 bits per heavy atom. The number of nitriles is 1. The van der Waals surface area contributed by atoms with Crippen molar-refractivity contribution in [1.82, 2.24) is 0 Å². The van der Waals surface area contributed by atoms with Crippen LogP contribution in [-0.2, 0) is 4.79 Å². The maximum absolute atomic E-state index is 12.1. The highest BCUT2D eigenvalue weighted by atomic mass is 32.2. The van der Waals surface area contributed by atoms with Gasteiger partial charge < -0.3 is 4.90 Å². The first kappa shape index (κ1) is 12.0. The van der Waals surface area contributed by atoms with E-state index >= 15 is 0 Å². The van der Waals surface area contributed by atoms with Crippen LogP contribution in [0.2, 0.25) is 0 Å². The molecule has 1 fully saturated rings. The van der Waals surface area contributed by atoms with Crippen molar-refractivity contribution in [2.45, 2.75) is 17.7 Å². The summed E-state index contributed by atoms with van der Waals surface area (Å²) < 4.78 is 0. The van der Waals surface area contributed by atoms with Crippen LogP contribution in [-0.4, -0.2) is 19.2 Å². The minimum Gasteiger partial charge on any atom is -0.314 e. The highest BCUT2D eigenvalue weighted by molar-refractivity contribution is 7.98. The Bertz CT molecular complexity index is 471. The molecule has 1 aliphatic rings. The van der Waals surface area contributed by atoms with E-state index in [1.807, 2.05) is 30.5 Å². The molecule has 3 nitrogen and oxygen atoms in total. The number of hydrogen-bond donors (Lipinski definition) is 0. The van der Waals surface area contributed by atoms with Crippen molar-refractivity contribution in [3.63, 3.8) is 0 Å². The van der Waals surface area contributed by atoms with Gasteiger partial charge in [-0.05, 0) is 43.4 Å². The molecule has 0 aromatic heterocycles. The van der Waals surface area contributed by atoms with Crippen molar-refractivity contribution >= 4 is 23.4 Å². The van der Waals surface area contributed by atoms with Crippen LogP contribution in [0, 0.1) is 16.7 Å². The Morgan fingerprint density at radius 1 is 1.41 bits per heavy atom. The first-order valence-electron chi connectivity index (χ1n) is 5.46. The number of nitrogens with zero attached hydrogens (tertiary/aromatic N) is 2. The normalized spacial score (nSPS) is 16.1. The number of anilines is 1. The lowest BCUT2D eigenvalue weighted by atomic mass is 10.1. The molecule has 0 radical (unpaired) electrons. The summed E-state index contributed by atoms with van der Waals surface area (Å²) in [5.41, 5.74) is 0.0988. The molecule has 1 aromatic carbocycles. The zero-order valence-corrected chi connectivity index (χ0v) is 10.8. The summed E-state index contributed by atoms with van der Waals surface area (Å²) in [7, 11) is 1.73. The zero-order valence-electron chi connectivity index (χ0n) is 9.93. The van der Waals surface area contributed by atoms with E-state index in [9.17, 15) is 4.79 Å². The van der Waals surface area contributed by atoms with E-state index in [0.29, 0.717) is 12.8 Å². The molecule has 88 valence electrons. The van der Waals surface area contributed by atoms with Crippen LogP contribution >= 0.6 is 11.8 Å². The van der Waals surface area contributed by atoms with Gasteiger partial charge in [-0.1, -0.05) is 0 Å². The summed E-state index contributed by atoms with van der Waals surface area (Å²) >= 11 is 1.66. The summed E-state index contributed by atoms with van der Waals surface area (Å²) in [6.07, 6.45) is 3.39. The number of rotatable bonds is 3. The maximum Gasteiger partial charge on any atom is 0.247 e. The molecule has 0 atom stereocenters. The van der Waals surface area contributed by atoms with Crippen LogP contribution in [0.25, 0.3) is 0 Å². The fraction of sp³-hybridized carbons (Fsp3) is 0.385. The number of benzene rings is 1. The third-order valence-electron chi connectivity index (χ3n) is 3.14. The van der Waals surface area contributed by atoms with Gasteiger partial charge in [0.15, 0.2) is 0 Å². The van der Waals surface area contributed by atoms with Gasteiger partial charge in [0.25, 0.3) is 0 Å². The van der Waals surface area contributed by atoms with E-state index in [4.69, 9.17) is 5.26 Å². The largest absolute Gasteiger partial charge is 0.314 e. The van der Waals surface area contributed by atoms with Crippen LogP contribution in [0.3, 0.4) is 0 Å². The van der Waals surface area contributed by atoms with Gasteiger partial charge in [0.2, 0.25) is 5.91 Å². The Kier molecular flexibility index (Phi) is 3.12. The lowest BCUT2D eigenvalue weighted by Gasteiger charge is -2.19. The van der Waals surface area contributed by atoms with Gasteiger partial charge in [0, 0.05) is 17.6 Å². The summed E-state index contributed by atoms with van der Waals surface area (Å²) in [4.78, 5) is 14.9. The summed E-state index contributed by atoms with van der Waals surface area (Å²) in [6.45, 7) is 0. The molecular formula is C13H14N2OS. The molecule has 1 aliphatic carbocycles. The quantitative estimate of drug-likeness (QED) is 0.770. The number of amides is 1. The topological polar surface area (TPSA) is 44.1 Å². The second-order valence-corrected chi connectivity index (χ2v) is 5.14. The SMILES string of the molecule is CSc1ccc(N(C)C(=O)C2(C#N)CC2)cc1. The zero-order chi connectivity index (χ0) is 12.5. The first-order chi connectivity index (χ1) is 8.13. The Morgan fingerprint density at radius 2 is 2.00 bits per heavy atom. The first-order valence-corrected chi connectivity index (χ1v) is 6.69. The smallest absolute Gasteiger partial charge is 0.247 e. The predicted molar refractivity (Wildman–Crippen MR) is 68.9 cm³/mol. The standard InChI is InChI=1S/C13H14N2OS/c1-15(12(16)13(9-14)7-8-13)10-3-5-11(17-2)6-4-10/h3-6H,7-8H2,1-2H3. The molecule has 0 heterocycles. The molecular weight excluding hydrogens is 232 g/mol. The number of carbonyl (C=O) groups excluding carboxylic acids is 1. The van der Waals surface area contributed by atoms with Gasteiger partial charge in [-0.2, -0.15) is 5.26 Å². The van der Waals surface area contributed by atoms with Crippen LogP contribution in [0.1, 0.15) is 12.8 Å². The molecule has 2 rings (SSSR count). The molecule has 1 amide bonds. The van der Waals surface area contributed by atoms with Crippen molar-refractivity contribution < 1.29 is 4.79 Å². The van der Waals surface area contributed by atoms with Gasteiger partial charge in [-0.3, -0.25) is 4.79 Å².